The third-order valence-corrected chi connectivity index (χ3v) is 6.15. The van der Waals surface area contributed by atoms with E-state index in [1.807, 2.05) is 24.3 Å². The molecule has 1 saturated heterocycles. The Morgan fingerprint density at radius 1 is 0.971 bits per heavy atom. The van der Waals surface area contributed by atoms with Crippen LogP contribution in [0.5, 0.6) is 0 Å². The first-order chi connectivity index (χ1) is 16.6. The number of rotatable bonds is 4. The Bertz CT molecular complexity index is 1120. The highest BCUT2D eigenvalue weighted by atomic mass is 16.6. The number of benzene rings is 2. The summed E-state index contributed by atoms with van der Waals surface area (Å²) >= 11 is 0. The van der Waals surface area contributed by atoms with Crippen molar-refractivity contribution in [3.8, 4) is 11.1 Å². The molecular formula is C27H30N2O6. The summed E-state index contributed by atoms with van der Waals surface area (Å²) in [6.07, 6.45) is -0.604. The van der Waals surface area contributed by atoms with Crippen molar-refractivity contribution in [2.75, 3.05) is 19.7 Å². The first-order valence-electron chi connectivity index (χ1n) is 11.7. The number of aliphatic carboxylic acids is 1. The zero-order valence-electron chi connectivity index (χ0n) is 20.2. The molecule has 8 heteroatoms. The summed E-state index contributed by atoms with van der Waals surface area (Å²) < 4.78 is 10.9. The van der Waals surface area contributed by atoms with Crippen LogP contribution in [0.15, 0.2) is 59.8 Å². The topological polar surface area (TPSA) is 105 Å². The van der Waals surface area contributed by atoms with Crippen LogP contribution in [0.25, 0.3) is 11.1 Å². The lowest BCUT2D eigenvalue weighted by Crippen LogP contribution is -2.40. The van der Waals surface area contributed by atoms with E-state index in [4.69, 9.17) is 9.47 Å². The number of carboxylic acids is 1. The van der Waals surface area contributed by atoms with Crippen molar-refractivity contribution in [3.05, 3.63) is 70.9 Å². The van der Waals surface area contributed by atoms with E-state index in [1.54, 1.807) is 25.7 Å². The van der Waals surface area contributed by atoms with E-state index in [9.17, 15) is 19.5 Å². The van der Waals surface area contributed by atoms with Crippen molar-refractivity contribution in [1.82, 2.24) is 10.2 Å². The Balaban J connectivity index is 1.37. The van der Waals surface area contributed by atoms with Crippen LogP contribution in [-0.4, -0.2) is 53.5 Å². The van der Waals surface area contributed by atoms with E-state index in [0.717, 1.165) is 22.3 Å². The predicted octanol–water partition coefficient (Wildman–Crippen LogP) is 4.89. The van der Waals surface area contributed by atoms with E-state index >= 15 is 0 Å². The fourth-order valence-electron chi connectivity index (χ4n) is 4.59. The Morgan fingerprint density at radius 2 is 1.51 bits per heavy atom. The molecule has 0 aromatic heterocycles. The second kappa shape index (κ2) is 9.82. The van der Waals surface area contributed by atoms with Gasteiger partial charge in [-0.2, -0.15) is 0 Å². The van der Waals surface area contributed by atoms with Gasteiger partial charge in [0.1, 0.15) is 17.9 Å². The van der Waals surface area contributed by atoms with Crippen LogP contribution in [0.4, 0.5) is 9.59 Å². The van der Waals surface area contributed by atoms with Gasteiger partial charge in [-0.3, -0.25) is 5.32 Å². The SMILES string of the molecule is CC(C)(C)OC(=O)NC(C(=O)O)=C1CCN(C(=O)OCC2c3ccccc3-c3ccccc32)CC1. The number of nitrogens with zero attached hydrogens (tertiary/aromatic N) is 1. The second-order valence-electron chi connectivity index (χ2n) is 9.70. The van der Waals surface area contributed by atoms with E-state index in [-0.39, 0.29) is 18.2 Å². The third-order valence-electron chi connectivity index (χ3n) is 6.15. The lowest BCUT2D eigenvalue weighted by atomic mass is 9.98. The van der Waals surface area contributed by atoms with Crippen molar-refractivity contribution in [2.45, 2.75) is 45.1 Å². The molecule has 0 bridgehead atoms. The van der Waals surface area contributed by atoms with Gasteiger partial charge < -0.3 is 19.5 Å². The number of piperidine rings is 1. The van der Waals surface area contributed by atoms with E-state index in [1.165, 1.54) is 0 Å². The molecule has 0 spiro atoms. The van der Waals surface area contributed by atoms with Gasteiger partial charge in [-0.25, -0.2) is 14.4 Å². The monoisotopic (exact) mass is 478 g/mol. The van der Waals surface area contributed by atoms with Crippen LogP contribution in [0, 0.1) is 0 Å². The van der Waals surface area contributed by atoms with Crippen molar-refractivity contribution >= 4 is 18.2 Å². The molecule has 0 radical (unpaired) electrons. The number of nitrogens with one attached hydrogen (secondary N) is 1. The molecule has 2 aromatic rings. The van der Waals surface area contributed by atoms with Crippen molar-refractivity contribution < 1.29 is 29.0 Å². The highest BCUT2D eigenvalue weighted by Gasteiger charge is 2.31. The Hall–Kier alpha value is -3.81. The summed E-state index contributed by atoms with van der Waals surface area (Å²) in [6, 6.07) is 16.3. The fourth-order valence-corrected chi connectivity index (χ4v) is 4.59. The minimum Gasteiger partial charge on any atom is -0.477 e. The number of alkyl carbamates (subject to hydrolysis) is 1. The number of hydrogen-bond acceptors (Lipinski definition) is 5. The minimum absolute atomic E-state index is 0.0248. The molecule has 0 atom stereocenters. The summed E-state index contributed by atoms with van der Waals surface area (Å²) in [7, 11) is 0. The first-order valence-corrected chi connectivity index (χ1v) is 11.7. The summed E-state index contributed by atoms with van der Waals surface area (Å²) in [5.41, 5.74) is 4.24. The van der Waals surface area contributed by atoms with Gasteiger partial charge in [-0.1, -0.05) is 48.5 Å². The summed E-state index contributed by atoms with van der Waals surface area (Å²) in [5, 5.41) is 11.9. The first kappa shape index (κ1) is 24.3. The van der Waals surface area contributed by atoms with Crippen LogP contribution in [0.2, 0.25) is 0 Å². The number of carbonyl (C=O) groups excluding carboxylic acids is 2. The quantitative estimate of drug-likeness (QED) is 0.606. The maximum absolute atomic E-state index is 12.8. The summed E-state index contributed by atoms with van der Waals surface area (Å²) in [5.74, 6) is -1.26. The van der Waals surface area contributed by atoms with Gasteiger partial charge in [-0.15, -0.1) is 0 Å². The average Bonchev–Trinajstić information content (AvgIpc) is 3.13. The Labute approximate surface area is 204 Å². The fraction of sp³-hybridized carbons (Fsp3) is 0.370. The minimum atomic E-state index is -1.24. The van der Waals surface area contributed by atoms with Gasteiger partial charge in [0.15, 0.2) is 0 Å². The highest BCUT2D eigenvalue weighted by Crippen LogP contribution is 2.44. The molecule has 35 heavy (non-hydrogen) atoms. The average molecular weight is 479 g/mol. The molecule has 1 heterocycles. The van der Waals surface area contributed by atoms with Crippen LogP contribution >= 0.6 is 0 Å². The molecule has 2 aliphatic rings. The van der Waals surface area contributed by atoms with Gasteiger partial charge >= 0.3 is 18.2 Å². The van der Waals surface area contributed by atoms with Crippen molar-refractivity contribution in [3.63, 3.8) is 0 Å². The van der Waals surface area contributed by atoms with Gasteiger partial charge in [-0.05, 0) is 61.4 Å². The largest absolute Gasteiger partial charge is 0.477 e. The molecule has 0 unspecified atom stereocenters. The number of hydrogen-bond donors (Lipinski definition) is 2. The number of fused-ring (bicyclic) bond motifs is 3. The van der Waals surface area contributed by atoms with Crippen molar-refractivity contribution in [2.24, 2.45) is 0 Å². The van der Waals surface area contributed by atoms with E-state index < -0.39 is 23.8 Å². The molecule has 2 aromatic carbocycles. The normalized spacial score (nSPS) is 15.2. The number of carbonyl (C=O) groups is 3. The van der Waals surface area contributed by atoms with Crippen LogP contribution < -0.4 is 5.32 Å². The number of likely N-dealkylation sites (tertiary alicyclic amines) is 1. The molecular weight excluding hydrogens is 448 g/mol. The highest BCUT2D eigenvalue weighted by molar-refractivity contribution is 5.91. The second-order valence-corrected chi connectivity index (χ2v) is 9.70. The smallest absolute Gasteiger partial charge is 0.412 e. The molecule has 1 aliphatic carbocycles. The molecule has 2 amide bonds. The number of amides is 2. The van der Waals surface area contributed by atoms with Gasteiger partial charge in [0.25, 0.3) is 0 Å². The molecule has 1 aliphatic heterocycles. The van der Waals surface area contributed by atoms with E-state index in [0.29, 0.717) is 31.5 Å². The molecule has 4 rings (SSSR count). The zero-order chi connectivity index (χ0) is 25.2. The summed E-state index contributed by atoms with van der Waals surface area (Å²) in [6.45, 7) is 5.94. The Morgan fingerprint density at radius 3 is 2.03 bits per heavy atom. The molecule has 1 fully saturated rings. The third kappa shape index (κ3) is 5.48. The van der Waals surface area contributed by atoms with Gasteiger partial charge in [0.05, 0.1) is 0 Å². The number of ether oxygens (including phenoxy) is 2. The van der Waals surface area contributed by atoms with Crippen LogP contribution in [0.1, 0.15) is 50.7 Å². The van der Waals surface area contributed by atoms with Crippen LogP contribution in [0.3, 0.4) is 0 Å². The maximum atomic E-state index is 12.8. The molecule has 0 saturated carbocycles. The predicted molar refractivity (Wildman–Crippen MR) is 130 cm³/mol. The Kier molecular flexibility index (Phi) is 6.82. The molecule has 2 N–H and O–H groups in total. The molecule has 184 valence electrons. The zero-order valence-corrected chi connectivity index (χ0v) is 20.2. The van der Waals surface area contributed by atoms with Gasteiger partial charge in [0.2, 0.25) is 0 Å². The standard InChI is InChI=1S/C27H30N2O6/c1-27(2,3)35-25(32)28-23(24(30)31)17-12-14-29(15-13-17)26(33)34-16-22-20-10-6-4-8-18(20)19-9-5-7-11-21(19)22/h4-11,22H,12-16H2,1-3H3,(H,28,32)(H,30,31). The van der Waals surface area contributed by atoms with Crippen LogP contribution in [-0.2, 0) is 14.3 Å². The maximum Gasteiger partial charge on any atom is 0.412 e. The van der Waals surface area contributed by atoms with Gasteiger partial charge in [0, 0.05) is 19.0 Å². The summed E-state index contributed by atoms with van der Waals surface area (Å²) in [4.78, 5) is 38.2. The lowest BCUT2D eigenvalue weighted by Gasteiger charge is -2.29. The number of carboxylic acid groups (broad SMARTS) is 1. The van der Waals surface area contributed by atoms with E-state index in [2.05, 4.69) is 29.6 Å². The van der Waals surface area contributed by atoms with Crippen molar-refractivity contribution in [1.29, 1.82) is 0 Å². The lowest BCUT2D eigenvalue weighted by molar-refractivity contribution is -0.133. The molecule has 8 nitrogen and oxygen atoms in total.